The highest BCUT2D eigenvalue weighted by molar-refractivity contribution is 7.84. The van der Waals surface area contributed by atoms with Crippen LogP contribution in [-0.4, -0.2) is 15.5 Å². The lowest BCUT2D eigenvalue weighted by Crippen LogP contribution is -2.42. The van der Waals surface area contributed by atoms with Gasteiger partial charge in [-0.2, -0.15) is 0 Å². The fourth-order valence-corrected chi connectivity index (χ4v) is 4.52. The molecule has 1 aromatic rings. The van der Waals surface area contributed by atoms with Crippen LogP contribution in [0.15, 0.2) is 24.3 Å². The van der Waals surface area contributed by atoms with Crippen LogP contribution in [0.1, 0.15) is 37.3 Å². The molecule has 0 amide bonds. The van der Waals surface area contributed by atoms with Gasteiger partial charge in [0.1, 0.15) is 0 Å². The van der Waals surface area contributed by atoms with Crippen LogP contribution < -0.4 is 5.73 Å². The lowest BCUT2D eigenvalue weighted by Gasteiger charge is -2.31. The molecular formula is C15H23NOS. The van der Waals surface area contributed by atoms with Gasteiger partial charge in [-0.1, -0.05) is 36.8 Å². The molecule has 4 atom stereocenters. The van der Waals surface area contributed by atoms with E-state index in [1.54, 1.807) is 0 Å². The van der Waals surface area contributed by atoms with E-state index in [4.69, 9.17) is 5.73 Å². The molecular weight excluding hydrogens is 242 g/mol. The fourth-order valence-electron chi connectivity index (χ4n) is 2.73. The first-order chi connectivity index (χ1) is 8.56. The van der Waals surface area contributed by atoms with Crippen molar-refractivity contribution in [1.82, 2.24) is 0 Å². The van der Waals surface area contributed by atoms with Crippen LogP contribution >= 0.6 is 0 Å². The number of nitrogens with two attached hydrogens (primary N) is 1. The van der Waals surface area contributed by atoms with Crippen molar-refractivity contribution in [2.45, 2.75) is 50.2 Å². The van der Waals surface area contributed by atoms with E-state index in [1.165, 1.54) is 17.5 Å². The molecule has 0 saturated heterocycles. The summed E-state index contributed by atoms with van der Waals surface area (Å²) in [5.74, 6) is 1.31. The van der Waals surface area contributed by atoms with Crippen LogP contribution in [0.3, 0.4) is 0 Å². The van der Waals surface area contributed by atoms with E-state index < -0.39 is 10.8 Å². The largest absolute Gasteiger partial charge is 0.327 e. The van der Waals surface area contributed by atoms with Gasteiger partial charge in [-0.05, 0) is 37.7 Å². The van der Waals surface area contributed by atoms with Crippen LogP contribution in [-0.2, 0) is 16.6 Å². The van der Waals surface area contributed by atoms with E-state index in [9.17, 15) is 4.21 Å². The first-order valence-corrected chi connectivity index (χ1v) is 8.13. The van der Waals surface area contributed by atoms with Gasteiger partial charge in [0.2, 0.25) is 0 Å². The quantitative estimate of drug-likeness (QED) is 0.913. The molecule has 2 nitrogen and oxygen atoms in total. The standard InChI is InChI=1S/C15H23NOS/c1-11-4-3-5-13(8-11)10-18(17)15-9-12(2)6-7-14(15)16/h3-5,8,12,14-15H,6-7,9-10,16H2,1-2H3. The molecule has 0 radical (unpaired) electrons. The van der Waals surface area contributed by atoms with Crippen LogP contribution in [0.25, 0.3) is 0 Å². The Morgan fingerprint density at radius 3 is 2.89 bits per heavy atom. The number of aryl methyl sites for hydroxylation is 1. The number of hydrogen-bond acceptors (Lipinski definition) is 2. The average molecular weight is 265 g/mol. The Balaban J connectivity index is 2.02. The molecule has 2 N–H and O–H groups in total. The van der Waals surface area contributed by atoms with Crippen LogP contribution in [0.2, 0.25) is 0 Å². The molecule has 0 bridgehead atoms. The van der Waals surface area contributed by atoms with Crippen molar-refractivity contribution in [2.24, 2.45) is 11.7 Å². The van der Waals surface area contributed by atoms with Crippen molar-refractivity contribution < 1.29 is 4.21 Å². The highest BCUT2D eigenvalue weighted by Gasteiger charge is 2.30. The normalized spacial score (nSPS) is 30.1. The second kappa shape index (κ2) is 5.98. The van der Waals surface area contributed by atoms with Gasteiger partial charge in [0.05, 0.1) is 5.25 Å². The summed E-state index contributed by atoms with van der Waals surface area (Å²) in [4.78, 5) is 0. The maximum atomic E-state index is 12.5. The monoisotopic (exact) mass is 265 g/mol. The van der Waals surface area contributed by atoms with Gasteiger partial charge in [-0.3, -0.25) is 4.21 Å². The first kappa shape index (κ1) is 13.8. The van der Waals surface area contributed by atoms with Crippen molar-refractivity contribution in [3.05, 3.63) is 35.4 Å². The van der Waals surface area contributed by atoms with Gasteiger partial charge >= 0.3 is 0 Å². The molecule has 2 rings (SSSR count). The zero-order valence-electron chi connectivity index (χ0n) is 11.3. The first-order valence-electron chi connectivity index (χ1n) is 6.74. The van der Waals surface area contributed by atoms with Crippen LogP contribution in [0.5, 0.6) is 0 Å². The predicted molar refractivity (Wildman–Crippen MR) is 77.8 cm³/mol. The summed E-state index contributed by atoms with van der Waals surface area (Å²) in [7, 11) is -0.841. The molecule has 0 aromatic heterocycles. The third-order valence-corrected chi connectivity index (χ3v) is 5.67. The second-order valence-electron chi connectivity index (χ2n) is 5.63. The molecule has 4 unspecified atom stereocenters. The molecule has 1 aromatic carbocycles. The van der Waals surface area contributed by atoms with E-state index in [0.29, 0.717) is 11.7 Å². The summed E-state index contributed by atoms with van der Waals surface area (Å²) in [6.45, 7) is 4.31. The molecule has 0 heterocycles. The van der Waals surface area contributed by atoms with Crippen LogP contribution in [0, 0.1) is 12.8 Å². The predicted octanol–water partition coefficient (Wildman–Crippen LogP) is 2.76. The summed E-state index contributed by atoms with van der Waals surface area (Å²) in [5.41, 5.74) is 8.53. The highest BCUT2D eigenvalue weighted by atomic mass is 32.2. The topological polar surface area (TPSA) is 43.1 Å². The Hall–Kier alpha value is -0.670. The number of hydrogen-bond donors (Lipinski definition) is 1. The molecule has 1 aliphatic carbocycles. The minimum absolute atomic E-state index is 0.117. The maximum absolute atomic E-state index is 12.5. The third kappa shape index (κ3) is 3.42. The van der Waals surface area contributed by atoms with Crippen molar-refractivity contribution >= 4 is 10.8 Å². The van der Waals surface area contributed by atoms with Crippen molar-refractivity contribution in [2.75, 3.05) is 0 Å². The zero-order chi connectivity index (χ0) is 13.1. The molecule has 0 aliphatic heterocycles. The SMILES string of the molecule is Cc1cccc(CS(=O)C2CC(C)CCC2N)c1. The smallest absolute Gasteiger partial charge is 0.0504 e. The minimum Gasteiger partial charge on any atom is -0.327 e. The Morgan fingerprint density at radius 1 is 1.39 bits per heavy atom. The van der Waals surface area contributed by atoms with Gasteiger partial charge in [0.15, 0.2) is 0 Å². The van der Waals surface area contributed by atoms with Gasteiger partial charge in [0, 0.05) is 22.6 Å². The number of rotatable bonds is 3. The van der Waals surface area contributed by atoms with Gasteiger partial charge < -0.3 is 5.73 Å². The third-order valence-electron chi connectivity index (χ3n) is 3.83. The molecule has 1 aliphatic rings. The van der Waals surface area contributed by atoms with E-state index >= 15 is 0 Å². The molecule has 1 saturated carbocycles. The summed E-state index contributed by atoms with van der Waals surface area (Å²) >= 11 is 0. The van der Waals surface area contributed by atoms with Gasteiger partial charge in [-0.15, -0.1) is 0 Å². The molecule has 1 fully saturated rings. The average Bonchev–Trinajstić information content (AvgIpc) is 2.32. The molecule has 100 valence electrons. The van der Waals surface area contributed by atoms with Crippen LogP contribution in [0.4, 0.5) is 0 Å². The van der Waals surface area contributed by atoms with Gasteiger partial charge in [-0.25, -0.2) is 0 Å². The second-order valence-corrected chi connectivity index (χ2v) is 7.29. The Bertz CT molecular complexity index is 432. The van der Waals surface area contributed by atoms with E-state index in [0.717, 1.165) is 12.8 Å². The Kier molecular flexibility index (Phi) is 4.57. The lowest BCUT2D eigenvalue weighted by molar-refractivity contribution is 0.353. The maximum Gasteiger partial charge on any atom is 0.0504 e. The summed E-state index contributed by atoms with van der Waals surface area (Å²) < 4.78 is 12.5. The van der Waals surface area contributed by atoms with Crippen molar-refractivity contribution in [1.29, 1.82) is 0 Å². The molecule has 0 spiro atoms. The molecule has 3 heteroatoms. The number of benzene rings is 1. The van der Waals surface area contributed by atoms with E-state index in [2.05, 4.69) is 32.0 Å². The Labute approximate surface area is 112 Å². The summed E-state index contributed by atoms with van der Waals surface area (Å²) in [6.07, 6.45) is 3.21. The van der Waals surface area contributed by atoms with E-state index in [1.807, 2.05) is 6.07 Å². The zero-order valence-corrected chi connectivity index (χ0v) is 12.1. The fraction of sp³-hybridized carbons (Fsp3) is 0.600. The Morgan fingerprint density at radius 2 is 2.17 bits per heavy atom. The van der Waals surface area contributed by atoms with Gasteiger partial charge in [0.25, 0.3) is 0 Å². The van der Waals surface area contributed by atoms with Crippen molar-refractivity contribution in [3.63, 3.8) is 0 Å². The van der Waals surface area contributed by atoms with Crippen molar-refractivity contribution in [3.8, 4) is 0 Å². The molecule has 18 heavy (non-hydrogen) atoms. The minimum atomic E-state index is -0.841. The summed E-state index contributed by atoms with van der Waals surface area (Å²) in [6, 6.07) is 8.40. The lowest BCUT2D eigenvalue weighted by atomic mass is 9.87. The summed E-state index contributed by atoms with van der Waals surface area (Å²) in [5, 5.41) is 0.175. The highest BCUT2D eigenvalue weighted by Crippen LogP contribution is 2.27. The van der Waals surface area contributed by atoms with E-state index in [-0.39, 0.29) is 11.3 Å².